The van der Waals surface area contributed by atoms with Crippen LogP contribution in [-0.4, -0.2) is 101 Å². The Kier molecular flexibility index (Phi) is 11.3. The molecular weight excluding hydrogens is 501 g/mol. The van der Waals surface area contributed by atoms with E-state index < -0.39 is 11.9 Å². The molecule has 0 unspecified atom stereocenters. The Morgan fingerprint density at radius 1 is 1.00 bits per heavy atom. The molecule has 1 aromatic rings. The molecule has 10 nitrogen and oxygen atoms in total. The Morgan fingerprint density at radius 3 is 2.17 bits per heavy atom. The van der Waals surface area contributed by atoms with Crippen LogP contribution in [0, 0.1) is 0 Å². The van der Waals surface area contributed by atoms with Gasteiger partial charge < -0.3 is 29.6 Å². The molecule has 0 bridgehead atoms. The molecule has 12 heteroatoms. The number of carboxylic acid groups (broad SMARTS) is 2. The van der Waals surface area contributed by atoms with Crippen molar-refractivity contribution in [2.24, 2.45) is 0 Å². The van der Waals surface area contributed by atoms with E-state index in [4.69, 9.17) is 38.2 Å². The summed E-state index contributed by atoms with van der Waals surface area (Å²) in [5, 5.41) is 16.6. The van der Waals surface area contributed by atoms with Crippen molar-refractivity contribution in [3.8, 4) is 0 Å². The monoisotopic (exact) mass is 529 g/mol. The summed E-state index contributed by atoms with van der Waals surface area (Å²) in [4.78, 5) is 50.0. The third kappa shape index (κ3) is 9.39. The molecule has 2 heterocycles. The maximum atomic E-state index is 13.0. The normalized spacial score (nSPS) is 18.2. The fraction of sp³-hybridized carbons (Fsp3) is 0.478. The van der Waals surface area contributed by atoms with Gasteiger partial charge in [-0.25, -0.2) is 14.4 Å². The van der Waals surface area contributed by atoms with Gasteiger partial charge in [0.25, 0.3) is 0 Å². The second-order valence-electron chi connectivity index (χ2n) is 8.10. The average molecular weight is 530 g/mol. The Hall–Kier alpha value is -2.82. The Bertz CT molecular complexity index is 935. The fourth-order valence-electron chi connectivity index (χ4n) is 3.97. The van der Waals surface area contributed by atoms with Crippen LogP contribution in [0.5, 0.6) is 0 Å². The number of amides is 2. The second kappa shape index (κ2) is 13.9. The molecule has 2 N–H and O–H groups in total. The average Bonchev–Trinajstić information content (AvgIpc) is 3.33. The van der Waals surface area contributed by atoms with Crippen LogP contribution in [0.1, 0.15) is 18.4 Å². The van der Waals surface area contributed by atoms with Crippen LogP contribution in [-0.2, 0) is 25.5 Å². The van der Waals surface area contributed by atoms with Gasteiger partial charge in [-0.05, 0) is 43.6 Å². The highest BCUT2D eigenvalue weighted by Crippen LogP contribution is 2.24. The number of carboxylic acids is 2. The van der Waals surface area contributed by atoms with Crippen molar-refractivity contribution in [3.05, 3.63) is 46.0 Å². The summed E-state index contributed by atoms with van der Waals surface area (Å²) in [6.07, 6.45) is 3.42. The zero-order valence-corrected chi connectivity index (χ0v) is 20.9. The minimum atomic E-state index is -1.26. The van der Waals surface area contributed by atoms with E-state index in [1.165, 1.54) is 20.0 Å². The molecule has 0 aliphatic carbocycles. The minimum absolute atomic E-state index is 0.0359. The largest absolute Gasteiger partial charge is 0.478 e. The van der Waals surface area contributed by atoms with Gasteiger partial charge in [-0.1, -0.05) is 29.3 Å². The Morgan fingerprint density at radius 2 is 1.63 bits per heavy atom. The summed E-state index contributed by atoms with van der Waals surface area (Å²) < 4.78 is 4.87. The van der Waals surface area contributed by atoms with E-state index in [0.29, 0.717) is 41.8 Å². The summed E-state index contributed by atoms with van der Waals surface area (Å²) in [5.41, 5.74) is 0.838. The number of hydrogen-bond acceptors (Lipinski definition) is 6. The predicted molar refractivity (Wildman–Crippen MR) is 130 cm³/mol. The first kappa shape index (κ1) is 28.4. The number of carbonyl (C=O) groups is 4. The van der Waals surface area contributed by atoms with Gasteiger partial charge in [-0.2, -0.15) is 0 Å². The number of piperazine rings is 1. The molecule has 2 amide bonds. The molecule has 2 aliphatic rings. The van der Waals surface area contributed by atoms with Gasteiger partial charge in [0.1, 0.15) is 0 Å². The first-order valence-corrected chi connectivity index (χ1v) is 11.8. The number of halogens is 2. The minimum Gasteiger partial charge on any atom is -0.478 e. The quantitative estimate of drug-likeness (QED) is 0.538. The predicted octanol–water partition coefficient (Wildman–Crippen LogP) is 2.62. The van der Waals surface area contributed by atoms with E-state index in [2.05, 4.69) is 4.90 Å². The number of rotatable bonds is 6. The topological polar surface area (TPSA) is 128 Å². The fourth-order valence-corrected chi connectivity index (χ4v) is 4.29. The van der Waals surface area contributed by atoms with Crippen LogP contribution in [0.3, 0.4) is 0 Å². The van der Waals surface area contributed by atoms with E-state index in [-0.39, 0.29) is 24.5 Å². The highest BCUT2D eigenvalue weighted by atomic mass is 35.5. The molecule has 0 radical (unpaired) electrons. The zero-order chi connectivity index (χ0) is 26.0. The number of benzene rings is 1. The molecule has 35 heavy (non-hydrogen) atoms. The number of carbonyl (C=O) groups excluding carboxylic acids is 2. The van der Waals surface area contributed by atoms with Crippen molar-refractivity contribution in [2.75, 3.05) is 46.4 Å². The maximum absolute atomic E-state index is 13.0. The second-order valence-corrected chi connectivity index (χ2v) is 8.91. The molecule has 2 fully saturated rings. The zero-order valence-electron chi connectivity index (χ0n) is 19.4. The van der Waals surface area contributed by atoms with Crippen molar-refractivity contribution in [1.29, 1.82) is 0 Å². The molecule has 0 spiro atoms. The highest BCUT2D eigenvalue weighted by molar-refractivity contribution is 6.42. The van der Waals surface area contributed by atoms with Gasteiger partial charge in [0.15, 0.2) is 0 Å². The van der Waals surface area contributed by atoms with Gasteiger partial charge >= 0.3 is 18.0 Å². The summed E-state index contributed by atoms with van der Waals surface area (Å²) in [6.45, 7) is 4.36. The van der Waals surface area contributed by atoms with E-state index in [1.54, 1.807) is 17.0 Å². The van der Waals surface area contributed by atoms with Crippen LogP contribution in [0.4, 0.5) is 4.79 Å². The highest BCUT2D eigenvalue weighted by Gasteiger charge is 2.34. The molecule has 2 aliphatic heterocycles. The molecule has 192 valence electrons. The number of methoxy groups -OCH3 is 1. The smallest absolute Gasteiger partial charge is 0.409 e. The van der Waals surface area contributed by atoms with Crippen LogP contribution < -0.4 is 0 Å². The number of nitrogens with zero attached hydrogens (tertiary/aromatic N) is 3. The lowest BCUT2D eigenvalue weighted by Gasteiger charge is -2.42. The third-order valence-electron chi connectivity index (χ3n) is 5.61. The van der Waals surface area contributed by atoms with Crippen LogP contribution >= 0.6 is 23.2 Å². The lowest BCUT2D eigenvalue weighted by atomic mass is 10.1. The molecule has 1 aromatic carbocycles. The summed E-state index contributed by atoms with van der Waals surface area (Å²) in [6, 6.07) is 5.24. The molecule has 2 saturated heterocycles. The number of ether oxygens (including phenoxy) is 1. The number of likely N-dealkylation sites (tertiary alicyclic amines) is 1. The summed E-state index contributed by atoms with van der Waals surface area (Å²) in [5.74, 6) is -2.47. The van der Waals surface area contributed by atoms with Gasteiger partial charge in [-0.15, -0.1) is 0 Å². The lowest BCUT2D eigenvalue weighted by molar-refractivity contribution is -0.135. The SMILES string of the molecule is COC(=O)N1CCN(C(=O)Cc2ccc(Cl)c(Cl)c2)[C@H](CN2CCCC2)C1.O=C(O)C=CC(=O)O. The lowest BCUT2D eigenvalue weighted by Crippen LogP contribution is -2.59. The van der Waals surface area contributed by atoms with E-state index in [9.17, 15) is 19.2 Å². The van der Waals surface area contributed by atoms with Crippen LogP contribution in [0.2, 0.25) is 10.0 Å². The van der Waals surface area contributed by atoms with Gasteiger partial charge in [0, 0.05) is 38.3 Å². The van der Waals surface area contributed by atoms with Crippen molar-refractivity contribution in [3.63, 3.8) is 0 Å². The van der Waals surface area contributed by atoms with Crippen molar-refractivity contribution in [2.45, 2.75) is 25.3 Å². The van der Waals surface area contributed by atoms with E-state index >= 15 is 0 Å². The van der Waals surface area contributed by atoms with Crippen molar-refractivity contribution in [1.82, 2.24) is 14.7 Å². The van der Waals surface area contributed by atoms with Gasteiger partial charge in [-0.3, -0.25) is 4.79 Å². The first-order valence-electron chi connectivity index (χ1n) is 11.0. The van der Waals surface area contributed by atoms with E-state index in [1.807, 2.05) is 11.0 Å². The molecule has 3 rings (SSSR count). The van der Waals surface area contributed by atoms with Crippen LogP contribution in [0.25, 0.3) is 0 Å². The van der Waals surface area contributed by atoms with E-state index in [0.717, 1.165) is 25.2 Å². The third-order valence-corrected chi connectivity index (χ3v) is 6.35. The molecule has 0 aromatic heterocycles. The number of hydrogen-bond donors (Lipinski definition) is 2. The standard InChI is InChI=1S/C19H25Cl2N3O3.C4H4O4/c1-27-19(26)23-8-9-24(15(13-23)12-22-6-2-3-7-22)18(25)11-14-4-5-16(20)17(21)10-14;5-3(6)1-2-4(7)8/h4-5,10,15H,2-3,6-9,11-13H2,1H3;1-2H,(H,5,6)(H,7,8)/t15-;/m1./s1. The Balaban J connectivity index is 0.000000466. The summed E-state index contributed by atoms with van der Waals surface area (Å²) >= 11 is 12.0. The van der Waals surface area contributed by atoms with Crippen LogP contribution in [0.15, 0.2) is 30.4 Å². The summed E-state index contributed by atoms with van der Waals surface area (Å²) in [7, 11) is 1.39. The van der Waals surface area contributed by atoms with Gasteiger partial charge in [0.05, 0.1) is 29.6 Å². The molecule has 0 saturated carbocycles. The van der Waals surface area contributed by atoms with Gasteiger partial charge in [0.2, 0.25) is 5.91 Å². The Labute approximate surface area is 213 Å². The number of aliphatic carboxylic acids is 2. The maximum Gasteiger partial charge on any atom is 0.409 e. The first-order chi connectivity index (χ1) is 16.6. The van der Waals surface area contributed by atoms with Crippen molar-refractivity contribution < 1.29 is 34.1 Å². The molecule has 1 atom stereocenters. The molecular formula is C23H29Cl2N3O7. The van der Waals surface area contributed by atoms with Crippen molar-refractivity contribution >= 4 is 47.1 Å².